The van der Waals surface area contributed by atoms with Crippen LogP contribution in [-0.2, 0) is 4.79 Å². The summed E-state index contributed by atoms with van der Waals surface area (Å²) in [6, 6.07) is 16.1. The van der Waals surface area contributed by atoms with Crippen molar-refractivity contribution < 1.29 is 4.79 Å². The summed E-state index contributed by atoms with van der Waals surface area (Å²) >= 11 is 8.98. The van der Waals surface area contributed by atoms with Crippen molar-refractivity contribution in [1.82, 2.24) is 4.90 Å². The van der Waals surface area contributed by atoms with Gasteiger partial charge in [0.2, 0.25) is 0 Å². The van der Waals surface area contributed by atoms with Gasteiger partial charge in [-0.3, -0.25) is 9.69 Å². The van der Waals surface area contributed by atoms with Gasteiger partial charge in [0.05, 0.1) is 11.6 Å². The predicted molar refractivity (Wildman–Crippen MR) is 123 cm³/mol. The van der Waals surface area contributed by atoms with Crippen LogP contribution in [0.3, 0.4) is 0 Å². The summed E-state index contributed by atoms with van der Waals surface area (Å²) in [4.78, 5) is 17.0. The second-order valence-electron chi connectivity index (χ2n) is 5.94. The highest BCUT2D eigenvalue weighted by molar-refractivity contribution is 14.1. The zero-order chi connectivity index (χ0) is 18.7. The first-order chi connectivity index (χ1) is 12.4. The van der Waals surface area contributed by atoms with Crippen LogP contribution in [0, 0.1) is 3.57 Å². The number of anilines is 2. The van der Waals surface area contributed by atoms with Crippen molar-refractivity contribution in [3.63, 3.8) is 0 Å². The molecule has 1 amide bonds. The van der Waals surface area contributed by atoms with E-state index in [0.29, 0.717) is 15.9 Å². The molecule has 2 aromatic rings. The van der Waals surface area contributed by atoms with Crippen LogP contribution in [0.5, 0.6) is 0 Å². The number of nitrogens with zero attached hydrogens (tertiary/aromatic N) is 2. The number of carbonyl (C=O) groups is 1. The molecule has 0 aromatic heterocycles. The van der Waals surface area contributed by atoms with Gasteiger partial charge >= 0.3 is 0 Å². The Bertz CT molecular complexity index is 848. The molecule has 3 rings (SSSR count). The maximum atomic E-state index is 12.7. The highest BCUT2D eigenvalue weighted by Crippen LogP contribution is 2.32. The third-order valence-corrected chi connectivity index (χ3v) is 5.96. The molecule has 1 aliphatic rings. The Labute approximate surface area is 176 Å². The number of nitrogens with one attached hydrogen (secondary N) is 1. The maximum Gasteiger partial charge on any atom is 0.267 e. The molecule has 2 aromatic carbocycles. The van der Waals surface area contributed by atoms with Crippen molar-refractivity contribution in [3.05, 3.63) is 62.6 Å². The lowest BCUT2D eigenvalue weighted by Crippen LogP contribution is -2.33. The number of benzene rings is 2. The Hall–Kier alpha value is -1.58. The highest BCUT2D eigenvalue weighted by atomic mass is 127. The van der Waals surface area contributed by atoms with Crippen LogP contribution >= 0.6 is 46.6 Å². The number of carbonyl (C=O) groups excluding carboxylic acids is 1. The fourth-order valence-corrected chi connectivity index (χ4v) is 4.01. The van der Waals surface area contributed by atoms with Crippen molar-refractivity contribution in [2.45, 2.75) is 0 Å². The number of thiocarbonyl (C=S) groups is 1. The number of rotatable bonds is 5. The van der Waals surface area contributed by atoms with Gasteiger partial charge in [0, 0.05) is 29.0 Å². The number of hydrogen-bond acceptors (Lipinski definition) is 5. The van der Waals surface area contributed by atoms with E-state index in [0.717, 1.165) is 16.9 Å². The zero-order valence-corrected chi connectivity index (χ0v) is 18.2. The van der Waals surface area contributed by atoms with Crippen LogP contribution in [0.2, 0.25) is 0 Å². The molecule has 1 fully saturated rings. The van der Waals surface area contributed by atoms with Crippen LogP contribution in [-0.4, -0.2) is 35.9 Å². The lowest BCUT2D eigenvalue weighted by atomic mass is 10.2. The monoisotopic (exact) mass is 495 g/mol. The van der Waals surface area contributed by atoms with E-state index in [4.69, 9.17) is 12.2 Å². The molecule has 0 bridgehead atoms. The molecule has 134 valence electrons. The van der Waals surface area contributed by atoms with Crippen molar-refractivity contribution in [1.29, 1.82) is 0 Å². The molecule has 7 heteroatoms. The van der Waals surface area contributed by atoms with Crippen molar-refractivity contribution in [2.24, 2.45) is 0 Å². The van der Waals surface area contributed by atoms with Crippen LogP contribution in [0.15, 0.2) is 53.4 Å². The molecule has 0 radical (unpaired) electrons. The van der Waals surface area contributed by atoms with Gasteiger partial charge in [-0.15, -0.1) is 0 Å². The summed E-state index contributed by atoms with van der Waals surface area (Å²) in [6.07, 6.45) is 1.89. The van der Waals surface area contributed by atoms with Crippen LogP contribution < -0.4 is 10.2 Å². The van der Waals surface area contributed by atoms with Gasteiger partial charge in [0.1, 0.15) is 4.32 Å². The average Bonchev–Trinajstić information content (AvgIpc) is 2.88. The molecule has 0 saturated carbocycles. The summed E-state index contributed by atoms with van der Waals surface area (Å²) in [7, 11) is 4.00. The summed E-state index contributed by atoms with van der Waals surface area (Å²) in [5.41, 5.74) is 3.07. The van der Waals surface area contributed by atoms with Gasteiger partial charge in [0.15, 0.2) is 0 Å². The molecule has 1 saturated heterocycles. The minimum Gasteiger partial charge on any atom is -0.378 e. The van der Waals surface area contributed by atoms with E-state index in [1.807, 2.05) is 73.6 Å². The number of halogens is 1. The van der Waals surface area contributed by atoms with Crippen LogP contribution in [0.4, 0.5) is 11.4 Å². The average molecular weight is 495 g/mol. The van der Waals surface area contributed by atoms with Gasteiger partial charge in [0.25, 0.3) is 5.91 Å². The lowest BCUT2D eigenvalue weighted by Gasteiger charge is -2.16. The lowest BCUT2D eigenvalue weighted by molar-refractivity contribution is -0.121. The Kier molecular flexibility index (Phi) is 6.20. The molecule has 0 spiro atoms. The molecule has 26 heavy (non-hydrogen) atoms. The fraction of sp³-hybridized carbons (Fsp3) is 0.158. The molecular formula is C19H18IN3OS2. The third kappa shape index (κ3) is 4.57. The van der Waals surface area contributed by atoms with Crippen LogP contribution in [0.1, 0.15) is 5.56 Å². The molecule has 0 aliphatic carbocycles. The fourth-order valence-electron chi connectivity index (χ4n) is 2.39. The largest absolute Gasteiger partial charge is 0.378 e. The Morgan fingerprint density at radius 3 is 2.42 bits per heavy atom. The first-order valence-electron chi connectivity index (χ1n) is 7.96. The van der Waals surface area contributed by atoms with E-state index in [-0.39, 0.29) is 5.91 Å². The van der Waals surface area contributed by atoms with Gasteiger partial charge in [-0.1, -0.05) is 36.1 Å². The van der Waals surface area contributed by atoms with Gasteiger partial charge < -0.3 is 10.2 Å². The zero-order valence-electron chi connectivity index (χ0n) is 14.4. The molecule has 1 N–H and O–H groups in total. The number of thioether (sulfide) groups is 1. The first kappa shape index (κ1) is 19.2. The van der Waals surface area contributed by atoms with E-state index in [2.05, 4.69) is 27.9 Å². The predicted octanol–water partition coefficient (Wildman–Crippen LogP) is 4.63. The number of hydrogen-bond donors (Lipinski definition) is 1. The normalized spacial score (nSPS) is 15.7. The molecule has 0 unspecified atom stereocenters. The van der Waals surface area contributed by atoms with E-state index in [9.17, 15) is 4.79 Å². The second-order valence-corrected chi connectivity index (χ2v) is 8.86. The molecular weight excluding hydrogens is 477 g/mol. The minimum atomic E-state index is -0.0605. The minimum absolute atomic E-state index is 0.0605. The van der Waals surface area contributed by atoms with E-state index in [1.165, 1.54) is 15.3 Å². The van der Waals surface area contributed by atoms with Crippen molar-refractivity contribution in [3.8, 4) is 0 Å². The topological polar surface area (TPSA) is 35.6 Å². The molecule has 1 aliphatic heterocycles. The van der Waals surface area contributed by atoms with Gasteiger partial charge in [-0.2, -0.15) is 0 Å². The van der Waals surface area contributed by atoms with E-state index in [1.54, 1.807) is 4.90 Å². The van der Waals surface area contributed by atoms with Crippen molar-refractivity contribution in [2.75, 3.05) is 31.0 Å². The second kappa shape index (κ2) is 8.41. The number of amides is 1. The van der Waals surface area contributed by atoms with Gasteiger partial charge in [-0.05, 0) is 70.6 Å². The Morgan fingerprint density at radius 1 is 1.15 bits per heavy atom. The summed E-state index contributed by atoms with van der Waals surface area (Å²) in [5.74, 6) is -0.0605. The summed E-state index contributed by atoms with van der Waals surface area (Å²) < 4.78 is 1.74. The molecule has 1 heterocycles. The standard InChI is InChI=1S/C19H18IN3OS2/c1-22(2)16-9-3-13(4-10-16)11-17-18(24)23(19(25)26-17)12-21-15-7-5-14(20)6-8-15/h3-11,21H,12H2,1-2H3/b17-11+. The molecule has 0 atom stereocenters. The Balaban J connectivity index is 1.68. The van der Waals surface area contributed by atoms with Gasteiger partial charge in [-0.25, -0.2) is 0 Å². The van der Waals surface area contributed by atoms with E-state index < -0.39 is 0 Å². The van der Waals surface area contributed by atoms with E-state index >= 15 is 0 Å². The third-order valence-electron chi connectivity index (χ3n) is 3.87. The highest BCUT2D eigenvalue weighted by Gasteiger charge is 2.31. The SMILES string of the molecule is CN(C)c1ccc(/C=C2/SC(=S)N(CNc3ccc(I)cc3)C2=O)cc1. The quantitative estimate of drug-likeness (QED) is 0.372. The van der Waals surface area contributed by atoms with Crippen molar-refractivity contribution >= 4 is 74.2 Å². The summed E-state index contributed by atoms with van der Waals surface area (Å²) in [5, 5.41) is 3.25. The first-order valence-corrected chi connectivity index (χ1v) is 10.3. The smallest absolute Gasteiger partial charge is 0.267 e. The molecule has 4 nitrogen and oxygen atoms in total. The maximum absolute atomic E-state index is 12.7. The summed E-state index contributed by atoms with van der Waals surface area (Å²) in [6.45, 7) is 0.363. The van der Waals surface area contributed by atoms with Crippen LogP contribution in [0.25, 0.3) is 6.08 Å². The Morgan fingerprint density at radius 2 is 1.81 bits per heavy atom.